The maximum atomic E-state index is 12.7. The highest BCUT2D eigenvalue weighted by Crippen LogP contribution is 2.21. The summed E-state index contributed by atoms with van der Waals surface area (Å²) in [6, 6.07) is 9.63. The molecule has 1 amide bonds. The first-order valence-electron chi connectivity index (χ1n) is 6.77. The number of hydrogen-bond donors (Lipinski definition) is 1. The number of aromatic nitrogens is 2. The van der Waals surface area contributed by atoms with Crippen LogP contribution in [0.15, 0.2) is 30.3 Å². The number of para-hydroxylation sites is 1. The van der Waals surface area contributed by atoms with Crippen LogP contribution in [-0.4, -0.2) is 29.3 Å². The molecule has 0 fully saturated rings. The van der Waals surface area contributed by atoms with Gasteiger partial charge < -0.3 is 10.2 Å². The fourth-order valence-corrected chi connectivity index (χ4v) is 2.62. The van der Waals surface area contributed by atoms with E-state index in [1.165, 1.54) is 0 Å². The van der Waals surface area contributed by atoms with Gasteiger partial charge in [0.1, 0.15) is 0 Å². The summed E-state index contributed by atoms with van der Waals surface area (Å²) in [5.41, 5.74) is 3.63. The average molecular weight is 270 g/mol. The van der Waals surface area contributed by atoms with Crippen molar-refractivity contribution in [2.24, 2.45) is 7.05 Å². The molecule has 20 heavy (non-hydrogen) atoms. The molecule has 0 aliphatic carbocycles. The molecule has 3 rings (SSSR count). The van der Waals surface area contributed by atoms with E-state index in [-0.39, 0.29) is 5.91 Å². The number of rotatable bonds is 2. The van der Waals surface area contributed by atoms with Gasteiger partial charge in [-0.2, -0.15) is 5.10 Å². The van der Waals surface area contributed by atoms with Crippen LogP contribution in [0.2, 0.25) is 0 Å². The van der Waals surface area contributed by atoms with Crippen LogP contribution in [0.5, 0.6) is 0 Å². The number of amides is 1. The standard InChI is InChI=1S/C15H18N4O/c1-18(11-6-4-3-5-7-11)15(20)14-12-10-16-9-8-13(12)19(2)17-14/h3-7,16H,8-10H2,1-2H3. The Hall–Kier alpha value is -2.14. The Morgan fingerprint density at radius 2 is 2.10 bits per heavy atom. The van der Waals surface area contributed by atoms with Gasteiger partial charge in [-0.15, -0.1) is 0 Å². The van der Waals surface area contributed by atoms with Crippen LogP contribution < -0.4 is 10.2 Å². The van der Waals surface area contributed by atoms with Gasteiger partial charge in [-0.3, -0.25) is 9.48 Å². The van der Waals surface area contributed by atoms with Crippen molar-refractivity contribution in [3.63, 3.8) is 0 Å². The summed E-state index contributed by atoms with van der Waals surface area (Å²) in [5, 5.41) is 7.73. The second kappa shape index (κ2) is 5.09. The molecule has 0 spiro atoms. The van der Waals surface area contributed by atoms with Crippen molar-refractivity contribution in [3.8, 4) is 0 Å². The number of aryl methyl sites for hydroxylation is 1. The van der Waals surface area contributed by atoms with Gasteiger partial charge in [0.2, 0.25) is 0 Å². The molecule has 1 N–H and O–H groups in total. The third-order valence-electron chi connectivity index (χ3n) is 3.77. The Bertz CT molecular complexity index is 633. The molecule has 2 heterocycles. The zero-order chi connectivity index (χ0) is 14.1. The fourth-order valence-electron chi connectivity index (χ4n) is 2.62. The summed E-state index contributed by atoms with van der Waals surface area (Å²) in [5.74, 6) is -0.0586. The monoisotopic (exact) mass is 270 g/mol. The summed E-state index contributed by atoms with van der Waals surface area (Å²) in [6.45, 7) is 1.65. The quantitative estimate of drug-likeness (QED) is 0.896. The minimum atomic E-state index is -0.0586. The Labute approximate surface area is 118 Å². The lowest BCUT2D eigenvalue weighted by Crippen LogP contribution is -2.30. The highest BCUT2D eigenvalue weighted by atomic mass is 16.2. The second-order valence-electron chi connectivity index (χ2n) is 5.02. The number of carbonyl (C=O) groups excluding carboxylic acids is 1. The van der Waals surface area contributed by atoms with E-state index >= 15 is 0 Å². The molecule has 0 radical (unpaired) electrons. The summed E-state index contributed by atoms with van der Waals surface area (Å²) < 4.78 is 1.84. The molecule has 0 saturated heterocycles. The third-order valence-corrected chi connectivity index (χ3v) is 3.77. The van der Waals surface area contributed by atoms with Crippen LogP contribution in [-0.2, 0) is 20.0 Å². The molecule has 0 bridgehead atoms. The summed E-state index contributed by atoms with van der Waals surface area (Å²) in [4.78, 5) is 14.3. The predicted octanol–water partition coefficient (Wildman–Crippen LogP) is 1.34. The largest absolute Gasteiger partial charge is 0.312 e. The summed E-state index contributed by atoms with van der Waals surface area (Å²) in [7, 11) is 3.69. The minimum Gasteiger partial charge on any atom is -0.312 e. The lowest BCUT2D eigenvalue weighted by atomic mass is 10.1. The molecule has 0 unspecified atom stereocenters. The van der Waals surface area contributed by atoms with Crippen LogP contribution in [0.1, 0.15) is 21.7 Å². The maximum Gasteiger partial charge on any atom is 0.278 e. The molecule has 104 valence electrons. The van der Waals surface area contributed by atoms with E-state index in [1.54, 1.807) is 11.9 Å². The molecule has 2 aromatic rings. The van der Waals surface area contributed by atoms with Crippen molar-refractivity contribution in [1.82, 2.24) is 15.1 Å². The number of carbonyl (C=O) groups is 1. The fraction of sp³-hybridized carbons (Fsp3) is 0.333. The van der Waals surface area contributed by atoms with E-state index in [4.69, 9.17) is 0 Å². The molecular formula is C15H18N4O. The van der Waals surface area contributed by atoms with Crippen molar-refractivity contribution in [3.05, 3.63) is 47.3 Å². The first-order chi connectivity index (χ1) is 9.68. The van der Waals surface area contributed by atoms with Gasteiger partial charge in [-0.25, -0.2) is 0 Å². The molecule has 1 aromatic carbocycles. The van der Waals surface area contributed by atoms with Gasteiger partial charge in [-0.05, 0) is 12.1 Å². The lowest BCUT2D eigenvalue weighted by Gasteiger charge is -2.18. The number of anilines is 1. The number of hydrogen-bond acceptors (Lipinski definition) is 3. The molecule has 1 aromatic heterocycles. The number of nitrogens with zero attached hydrogens (tertiary/aromatic N) is 3. The van der Waals surface area contributed by atoms with Crippen LogP contribution in [0, 0.1) is 0 Å². The number of fused-ring (bicyclic) bond motifs is 1. The smallest absolute Gasteiger partial charge is 0.278 e. The lowest BCUT2D eigenvalue weighted by molar-refractivity contribution is 0.0986. The van der Waals surface area contributed by atoms with Gasteiger partial charge in [-0.1, -0.05) is 18.2 Å². The minimum absolute atomic E-state index is 0.0586. The highest BCUT2D eigenvalue weighted by Gasteiger charge is 2.26. The normalized spacial score (nSPS) is 13.9. The number of nitrogens with one attached hydrogen (secondary N) is 1. The van der Waals surface area contributed by atoms with Crippen molar-refractivity contribution in [2.45, 2.75) is 13.0 Å². The Morgan fingerprint density at radius 3 is 2.85 bits per heavy atom. The van der Waals surface area contributed by atoms with E-state index in [0.29, 0.717) is 12.2 Å². The van der Waals surface area contributed by atoms with Gasteiger partial charge in [0.05, 0.1) is 0 Å². The maximum absolute atomic E-state index is 12.7. The molecule has 5 heteroatoms. The van der Waals surface area contributed by atoms with Crippen molar-refractivity contribution < 1.29 is 4.79 Å². The Morgan fingerprint density at radius 1 is 1.35 bits per heavy atom. The molecule has 0 saturated carbocycles. The third kappa shape index (κ3) is 2.10. The Balaban J connectivity index is 1.95. The van der Waals surface area contributed by atoms with Gasteiger partial charge >= 0.3 is 0 Å². The van der Waals surface area contributed by atoms with Gasteiger partial charge in [0, 0.05) is 50.6 Å². The van der Waals surface area contributed by atoms with Crippen LogP contribution >= 0.6 is 0 Å². The van der Waals surface area contributed by atoms with E-state index < -0.39 is 0 Å². The van der Waals surface area contributed by atoms with Crippen molar-refractivity contribution >= 4 is 11.6 Å². The van der Waals surface area contributed by atoms with Crippen LogP contribution in [0.4, 0.5) is 5.69 Å². The molecule has 1 aliphatic heterocycles. The molecule has 1 aliphatic rings. The highest BCUT2D eigenvalue weighted by molar-refractivity contribution is 6.05. The molecular weight excluding hydrogens is 252 g/mol. The van der Waals surface area contributed by atoms with Crippen molar-refractivity contribution in [1.29, 1.82) is 0 Å². The zero-order valence-electron chi connectivity index (χ0n) is 11.8. The number of benzene rings is 1. The summed E-state index contributed by atoms with van der Waals surface area (Å²) >= 11 is 0. The Kier molecular flexibility index (Phi) is 3.28. The van der Waals surface area contributed by atoms with E-state index in [1.807, 2.05) is 42.1 Å². The average Bonchev–Trinajstić information content (AvgIpc) is 2.84. The van der Waals surface area contributed by atoms with E-state index in [9.17, 15) is 4.79 Å². The van der Waals surface area contributed by atoms with E-state index in [2.05, 4.69) is 10.4 Å². The summed E-state index contributed by atoms with van der Waals surface area (Å²) in [6.07, 6.45) is 0.918. The SMILES string of the molecule is CN(C(=O)c1nn(C)c2c1CNCC2)c1ccccc1. The first kappa shape index (κ1) is 12.9. The van der Waals surface area contributed by atoms with E-state index in [0.717, 1.165) is 29.9 Å². The van der Waals surface area contributed by atoms with Gasteiger partial charge in [0.15, 0.2) is 5.69 Å². The van der Waals surface area contributed by atoms with Crippen molar-refractivity contribution in [2.75, 3.05) is 18.5 Å². The first-order valence-corrected chi connectivity index (χ1v) is 6.77. The molecule has 0 atom stereocenters. The second-order valence-corrected chi connectivity index (χ2v) is 5.02. The zero-order valence-corrected chi connectivity index (χ0v) is 11.8. The van der Waals surface area contributed by atoms with Crippen LogP contribution in [0.25, 0.3) is 0 Å². The topological polar surface area (TPSA) is 50.2 Å². The van der Waals surface area contributed by atoms with Crippen LogP contribution in [0.3, 0.4) is 0 Å². The van der Waals surface area contributed by atoms with Gasteiger partial charge in [0.25, 0.3) is 5.91 Å². The predicted molar refractivity (Wildman–Crippen MR) is 77.8 cm³/mol. The molecule has 5 nitrogen and oxygen atoms in total.